The van der Waals surface area contributed by atoms with Gasteiger partial charge in [-0.05, 0) is 19.1 Å². The third-order valence-corrected chi connectivity index (χ3v) is 2.16. The fraction of sp³-hybridized carbons (Fsp3) is 0.250. The number of nitrogens with zero attached hydrogens (tertiary/aromatic N) is 1. The number of rotatable bonds is 1. The second kappa shape index (κ2) is 4.09. The lowest BCUT2D eigenvalue weighted by molar-refractivity contribution is 0.313. The largest absolute Gasteiger partial charge is 0.477 e. The van der Waals surface area contributed by atoms with Crippen LogP contribution in [0.25, 0.3) is 0 Å². The Hall–Kier alpha value is -1.57. The Bertz CT molecular complexity index is 365. The van der Waals surface area contributed by atoms with Crippen LogP contribution in [0.2, 0.25) is 0 Å². The molecule has 0 N–H and O–H groups in total. The standard InChI is InChI=1S/C12H13NO/c1-10-7-8-14-12(13-9-10)11-5-3-2-4-6-11/h2-6,9H,7-8H2,1H3. The van der Waals surface area contributed by atoms with Crippen LogP contribution in [0, 0.1) is 0 Å². The maximum Gasteiger partial charge on any atom is 0.220 e. The molecule has 0 aliphatic carbocycles. The molecular formula is C12H13NO. The lowest BCUT2D eigenvalue weighted by Gasteiger charge is -2.05. The molecule has 0 spiro atoms. The number of aliphatic imine (C=N–C) groups is 1. The van der Waals surface area contributed by atoms with Gasteiger partial charge in [-0.3, -0.25) is 0 Å². The molecule has 1 heterocycles. The summed E-state index contributed by atoms with van der Waals surface area (Å²) in [5, 5.41) is 0. The summed E-state index contributed by atoms with van der Waals surface area (Å²) >= 11 is 0. The minimum atomic E-state index is 0.718. The number of benzene rings is 1. The van der Waals surface area contributed by atoms with E-state index in [0.717, 1.165) is 24.5 Å². The van der Waals surface area contributed by atoms with Gasteiger partial charge >= 0.3 is 0 Å². The van der Waals surface area contributed by atoms with E-state index in [-0.39, 0.29) is 0 Å². The maximum absolute atomic E-state index is 5.56. The fourth-order valence-electron chi connectivity index (χ4n) is 1.32. The number of hydrogen-bond donors (Lipinski definition) is 0. The van der Waals surface area contributed by atoms with Crippen molar-refractivity contribution in [1.82, 2.24) is 0 Å². The van der Waals surface area contributed by atoms with Gasteiger partial charge in [-0.2, -0.15) is 0 Å². The highest BCUT2D eigenvalue weighted by Crippen LogP contribution is 2.10. The number of ether oxygens (including phenoxy) is 1. The summed E-state index contributed by atoms with van der Waals surface area (Å²) in [6.07, 6.45) is 2.84. The summed E-state index contributed by atoms with van der Waals surface area (Å²) in [6.45, 7) is 2.79. The first-order valence-electron chi connectivity index (χ1n) is 4.78. The molecule has 1 aromatic carbocycles. The summed E-state index contributed by atoms with van der Waals surface area (Å²) in [4.78, 5) is 4.31. The van der Waals surface area contributed by atoms with Crippen molar-refractivity contribution in [1.29, 1.82) is 0 Å². The van der Waals surface area contributed by atoms with Crippen LogP contribution < -0.4 is 0 Å². The van der Waals surface area contributed by atoms with Gasteiger partial charge in [-0.1, -0.05) is 23.8 Å². The lowest BCUT2D eigenvalue weighted by atomic mass is 10.2. The summed E-state index contributed by atoms with van der Waals surface area (Å²) in [5.74, 6) is 0.724. The summed E-state index contributed by atoms with van der Waals surface area (Å²) in [5.41, 5.74) is 2.30. The van der Waals surface area contributed by atoms with Gasteiger partial charge < -0.3 is 4.74 Å². The van der Waals surface area contributed by atoms with Crippen molar-refractivity contribution < 1.29 is 4.74 Å². The molecule has 1 aliphatic heterocycles. The molecule has 1 aromatic rings. The first kappa shape index (κ1) is 9.00. The molecule has 1 aliphatic rings. The highest BCUT2D eigenvalue weighted by molar-refractivity contribution is 5.94. The van der Waals surface area contributed by atoms with Gasteiger partial charge in [0.1, 0.15) is 0 Å². The van der Waals surface area contributed by atoms with Crippen LogP contribution in [0.3, 0.4) is 0 Å². The quantitative estimate of drug-likeness (QED) is 0.662. The van der Waals surface area contributed by atoms with Crippen molar-refractivity contribution >= 4 is 5.90 Å². The molecule has 0 bridgehead atoms. The van der Waals surface area contributed by atoms with E-state index in [2.05, 4.69) is 11.9 Å². The molecule has 0 radical (unpaired) electrons. The topological polar surface area (TPSA) is 21.6 Å². The molecular weight excluding hydrogens is 174 g/mol. The summed E-state index contributed by atoms with van der Waals surface area (Å²) < 4.78 is 5.56. The smallest absolute Gasteiger partial charge is 0.220 e. The predicted octanol–water partition coefficient (Wildman–Crippen LogP) is 2.76. The Morgan fingerprint density at radius 2 is 2.00 bits per heavy atom. The predicted molar refractivity (Wildman–Crippen MR) is 57.3 cm³/mol. The van der Waals surface area contributed by atoms with E-state index in [1.54, 1.807) is 0 Å². The van der Waals surface area contributed by atoms with Crippen molar-refractivity contribution in [3.63, 3.8) is 0 Å². The minimum absolute atomic E-state index is 0.718. The Balaban J connectivity index is 2.27. The first-order valence-corrected chi connectivity index (χ1v) is 4.78. The van der Waals surface area contributed by atoms with Gasteiger partial charge in [0, 0.05) is 18.2 Å². The van der Waals surface area contributed by atoms with Gasteiger partial charge in [0.2, 0.25) is 5.90 Å². The zero-order chi connectivity index (χ0) is 9.80. The fourth-order valence-corrected chi connectivity index (χ4v) is 1.32. The number of hydrogen-bond acceptors (Lipinski definition) is 2. The van der Waals surface area contributed by atoms with Crippen molar-refractivity contribution in [2.75, 3.05) is 6.61 Å². The minimum Gasteiger partial charge on any atom is -0.477 e. The third kappa shape index (κ3) is 2.02. The molecule has 0 amide bonds. The Labute approximate surface area is 83.9 Å². The second-order valence-electron chi connectivity index (χ2n) is 3.37. The van der Waals surface area contributed by atoms with Crippen LogP contribution in [0.5, 0.6) is 0 Å². The van der Waals surface area contributed by atoms with Crippen LogP contribution in [0.15, 0.2) is 47.1 Å². The van der Waals surface area contributed by atoms with Crippen LogP contribution in [0.4, 0.5) is 0 Å². The highest BCUT2D eigenvalue weighted by Gasteiger charge is 2.06. The zero-order valence-electron chi connectivity index (χ0n) is 8.23. The monoisotopic (exact) mass is 187 g/mol. The molecule has 0 atom stereocenters. The van der Waals surface area contributed by atoms with E-state index in [1.165, 1.54) is 5.57 Å². The van der Waals surface area contributed by atoms with Gasteiger partial charge in [0.05, 0.1) is 6.61 Å². The van der Waals surface area contributed by atoms with Gasteiger partial charge in [0.15, 0.2) is 0 Å². The van der Waals surface area contributed by atoms with Crippen molar-refractivity contribution in [2.45, 2.75) is 13.3 Å². The SMILES string of the molecule is CC1=CN=C(c2ccccc2)OCC1. The van der Waals surface area contributed by atoms with Crippen LogP contribution >= 0.6 is 0 Å². The van der Waals surface area contributed by atoms with Crippen molar-refractivity contribution in [3.05, 3.63) is 47.7 Å². The third-order valence-electron chi connectivity index (χ3n) is 2.16. The van der Waals surface area contributed by atoms with Crippen molar-refractivity contribution in [3.8, 4) is 0 Å². The summed E-state index contributed by atoms with van der Waals surface area (Å²) in [6, 6.07) is 9.98. The van der Waals surface area contributed by atoms with Gasteiger partial charge in [0.25, 0.3) is 0 Å². The van der Waals surface area contributed by atoms with E-state index in [9.17, 15) is 0 Å². The molecule has 0 aromatic heterocycles. The molecule has 14 heavy (non-hydrogen) atoms. The lowest BCUT2D eigenvalue weighted by Crippen LogP contribution is -2.05. The molecule has 72 valence electrons. The Morgan fingerprint density at radius 1 is 1.21 bits per heavy atom. The maximum atomic E-state index is 5.56. The second-order valence-corrected chi connectivity index (χ2v) is 3.37. The molecule has 0 fully saturated rings. The highest BCUT2D eigenvalue weighted by atomic mass is 16.5. The van der Waals surface area contributed by atoms with Crippen LogP contribution in [-0.4, -0.2) is 12.5 Å². The molecule has 0 saturated carbocycles. The van der Waals surface area contributed by atoms with Gasteiger partial charge in [-0.15, -0.1) is 0 Å². The average molecular weight is 187 g/mol. The van der Waals surface area contributed by atoms with Crippen LogP contribution in [0.1, 0.15) is 18.9 Å². The Kier molecular flexibility index (Phi) is 2.63. The average Bonchev–Trinajstić information content (AvgIpc) is 2.44. The van der Waals surface area contributed by atoms with Gasteiger partial charge in [-0.25, -0.2) is 4.99 Å². The van der Waals surface area contributed by atoms with E-state index in [1.807, 2.05) is 36.5 Å². The van der Waals surface area contributed by atoms with E-state index in [4.69, 9.17) is 4.74 Å². The first-order chi connectivity index (χ1) is 6.86. The molecule has 2 heteroatoms. The van der Waals surface area contributed by atoms with E-state index >= 15 is 0 Å². The summed E-state index contributed by atoms with van der Waals surface area (Å²) in [7, 11) is 0. The molecule has 2 nitrogen and oxygen atoms in total. The molecule has 2 rings (SSSR count). The van der Waals surface area contributed by atoms with E-state index in [0.29, 0.717) is 0 Å². The van der Waals surface area contributed by atoms with Crippen LogP contribution in [-0.2, 0) is 4.74 Å². The molecule has 0 saturated heterocycles. The Morgan fingerprint density at radius 3 is 2.79 bits per heavy atom. The van der Waals surface area contributed by atoms with E-state index < -0.39 is 0 Å². The van der Waals surface area contributed by atoms with Crippen molar-refractivity contribution in [2.24, 2.45) is 4.99 Å². The normalized spacial score (nSPS) is 16.4. The zero-order valence-corrected chi connectivity index (χ0v) is 8.23. The molecule has 0 unspecified atom stereocenters.